The molecule has 1 aliphatic heterocycles. The molecule has 1 fully saturated rings. The second-order valence-corrected chi connectivity index (χ2v) is 7.15. The summed E-state index contributed by atoms with van der Waals surface area (Å²) in [6.45, 7) is 2.35. The van der Waals surface area contributed by atoms with E-state index in [-0.39, 0.29) is 18.4 Å². The van der Waals surface area contributed by atoms with Gasteiger partial charge in [-0.2, -0.15) is 0 Å². The summed E-state index contributed by atoms with van der Waals surface area (Å²) >= 11 is 6.07. The van der Waals surface area contributed by atoms with Gasteiger partial charge >= 0.3 is 6.03 Å². The predicted octanol–water partition coefficient (Wildman–Crippen LogP) is 3.73. The Hall–Kier alpha value is -2.44. The first-order chi connectivity index (χ1) is 12.9. The van der Waals surface area contributed by atoms with Gasteiger partial charge in [0.05, 0.1) is 6.67 Å². The number of carbonyl (C=O) groups excluding carboxylic acids is 2. The lowest BCUT2D eigenvalue weighted by Gasteiger charge is -2.27. The number of benzene rings is 2. The number of hydrogen-bond donors (Lipinski definition) is 1. The molecule has 5 nitrogen and oxygen atoms in total. The molecule has 0 saturated carbocycles. The average molecular weight is 390 g/mol. The van der Waals surface area contributed by atoms with Crippen molar-refractivity contribution in [2.24, 2.45) is 0 Å². The summed E-state index contributed by atoms with van der Waals surface area (Å²) in [7, 11) is 1.77. The Morgan fingerprint density at radius 1 is 1.19 bits per heavy atom. The maximum atomic E-state index is 13.4. The zero-order chi connectivity index (χ0) is 19.6. The largest absolute Gasteiger partial charge is 0.326 e. The highest BCUT2D eigenvalue weighted by Crippen LogP contribution is 2.33. The Morgan fingerprint density at radius 3 is 2.59 bits per heavy atom. The van der Waals surface area contributed by atoms with Gasteiger partial charge in [-0.05, 0) is 48.9 Å². The van der Waals surface area contributed by atoms with Gasteiger partial charge in [-0.15, -0.1) is 0 Å². The molecule has 0 bridgehead atoms. The van der Waals surface area contributed by atoms with E-state index in [9.17, 15) is 14.0 Å². The van der Waals surface area contributed by atoms with Gasteiger partial charge in [0, 0.05) is 11.6 Å². The molecule has 3 rings (SSSR count). The van der Waals surface area contributed by atoms with Crippen molar-refractivity contribution in [3.63, 3.8) is 0 Å². The maximum Gasteiger partial charge on any atom is 0.326 e. The average Bonchev–Trinajstić information content (AvgIpc) is 2.87. The van der Waals surface area contributed by atoms with Gasteiger partial charge in [-0.25, -0.2) is 14.1 Å². The van der Waals surface area contributed by atoms with Gasteiger partial charge in [0.25, 0.3) is 5.91 Å². The summed E-state index contributed by atoms with van der Waals surface area (Å²) in [5, 5.41) is 3.33. The Labute approximate surface area is 162 Å². The molecule has 7 heteroatoms. The van der Waals surface area contributed by atoms with E-state index in [0.29, 0.717) is 23.6 Å². The highest BCUT2D eigenvalue weighted by atomic mass is 35.5. The van der Waals surface area contributed by atoms with Crippen LogP contribution in [-0.4, -0.2) is 35.5 Å². The first kappa shape index (κ1) is 19.3. The first-order valence-corrected chi connectivity index (χ1v) is 9.06. The van der Waals surface area contributed by atoms with Crippen LogP contribution >= 0.6 is 11.6 Å². The van der Waals surface area contributed by atoms with Gasteiger partial charge in [0.2, 0.25) is 0 Å². The summed E-state index contributed by atoms with van der Waals surface area (Å²) < 4.78 is 13.4. The molecule has 2 aromatic rings. The molecule has 142 valence electrons. The summed E-state index contributed by atoms with van der Waals surface area (Å²) in [5.74, 6) is -0.634. The number of nitrogens with one attached hydrogen (secondary N) is 1. The maximum absolute atomic E-state index is 13.4. The van der Waals surface area contributed by atoms with Crippen LogP contribution in [0.2, 0.25) is 5.02 Å². The fourth-order valence-electron chi connectivity index (χ4n) is 3.39. The van der Waals surface area contributed by atoms with Crippen LogP contribution in [0.4, 0.5) is 9.18 Å². The van der Waals surface area contributed by atoms with Crippen molar-refractivity contribution >= 4 is 23.5 Å². The Kier molecular flexibility index (Phi) is 5.48. The third-order valence-electron chi connectivity index (χ3n) is 4.75. The number of carbonyl (C=O) groups is 2. The standard InChI is InChI=1S/C20H21ClFN3O2/c1-3-20(15-7-5-8-16(21)11-15)18(26)25(19(27)23-20)13-24(2)12-14-6-4-9-17(22)10-14/h4-11H,3,12-13H2,1-2H3,(H,23,27)/t20-/m1/s1. The van der Waals surface area contributed by atoms with Crippen molar-refractivity contribution in [3.8, 4) is 0 Å². The van der Waals surface area contributed by atoms with Crippen LogP contribution in [0.1, 0.15) is 24.5 Å². The monoisotopic (exact) mass is 389 g/mol. The summed E-state index contributed by atoms with van der Waals surface area (Å²) in [5.41, 5.74) is 0.300. The van der Waals surface area contributed by atoms with E-state index in [0.717, 1.165) is 5.56 Å². The molecule has 1 N–H and O–H groups in total. The van der Waals surface area contributed by atoms with E-state index in [1.165, 1.54) is 17.0 Å². The van der Waals surface area contributed by atoms with E-state index in [1.807, 2.05) is 6.92 Å². The number of rotatable bonds is 6. The molecule has 0 aromatic heterocycles. The fourth-order valence-corrected chi connectivity index (χ4v) is 3.58. The van der Waals surface area contributed by atoms with Crippen LogP contribution in [0.3, 0.4) is 0 Å². The first-order valence-electron chi connectivity index (χ1n) is 8.69. The molecular formula is C20H21ClFN3O2. The van der Waals surface area contributed by atoms with Gasteiger partial charge in [0.15, 0.2) is 0 Å². The number of urea groups is 1. The minimum atomic E-state index is -1.12. The van der Waals surface area contributed by atoms with Crippen LogP contribution in [0.25, 0.3) is 0 Å². The minimum Gasteiger partial charge on any atom is -0.319 e. The second kappa shape index (κ2) is 7.66. The van der Waals surface area contributed by atoms with Gasteiger partial charge in [-0.3, -0.25) is 9.69 Å². The van der Waals surface area contributed by atoms with E-state index < -0.39 is 11.6 Å². The highest BCUT2D eigenvalue weighted by Gasteiger charge is 2.51. The van der Waals surface area contributed by atoms with Crippen LogP contribution in [0.15, 0.2) is 48.5 Å². The topological polar surface area (TPSA) is 52.7 Å². The van der Waals surface area contributed by atoms with Gasteiger partial charge in [0.1, 0.15) is 11.4 Å². The van der Waals surface area contributed by atoms with Crippen LogP contribution in [0.5, 0.6) is 0 Å². The van der Waals surface area contributed by atoms with Crippen LogP contribution < -0.4 is 5.32 Å². The molecular weight excluding hydrogens is 369 g/mol. The number of nitrogens with zero attached hydrogens (tertiary/aromatic N) is 2. The van der Waals surface area contributed by atoms with Crippen LogP contribution in [-0.2, 0) is 16.9 Å². The van der Waals surface area contributed by atoms with E-state index in [4.69, 9.17) is 11.6 Å². The van der Waals surface area contributed by atoms with E-state index >= 15 is 0 Å². The summed E-state index contributed by atoms with van der Waals surface area (Å²) in [4.78, 5) is 28.6. The smallest absolute Gasteiger partial charge is 0.319 e. The minimum absolute atomic E-state index is 0.101. The molecule has 1 atom stereocenters. The zero-order valence-electron chi connectivity index (χ0n) is 15.2. The van der Waals surface area contributed by atoms with E-state index in [2.05, 4.69) is 5.32 Å². The molecule has 2 aromatic carbocycles. The number of hydrogen-bond acceptors (Lipinski definition) is 3. The lowest BCUT2D eigenvalue weighted by atomic mass is 9.87. The fraction of sp³-hybridized carbons (Fsp3) is 0.300. The zero-order valence-corrected chi connectivity index (χ0v) is 16.0. The van der Waals surface area contributed by atoms with Crippen molar-refractivity contribution in [2.75, 3.05) is 13.7 Å². The molecule has 1 heterocycles. The molecule has 3 amide bonds. The Bertz CT molecular complexity index is 876. The lowest BCUT2D eigenvalue weighted by Crippen LogP contribution is -2.44. The highest BCUT2D eigenvalue weighted by molar-refractivity contribution is 6.30. The third kappa shape index (κ3) is 3.82. The molecule has 0 unspecified atom stereocenters. The third-order valence-corrected chi connectivity index (χ3v) is 4.98. The molecule has 0 radical (unpaired) electrons. The predicted molar refractivity (Wildman–Crippen MR) is 102 cm³/mol. The van der Waals surface area contributed by atoms with Crippen molar-refractivity contribution in [3.05, 3.63) is 70.5 Å². The second-order valence-electron chi connectivity index (χ2n) is 6.72. The molecule has 1 aliphatic rings. The van der Waals surface area contributed by atoms with Crippen molar-refractivity contribution in [1.82, 2.24) is 15.1 Å². The summed E-state index contributed by atoms with van der Waals surface area (Å²) in [6.07, 6.45) is 0.405. The number of amides is 3. The Balaban J connectivity index is 1.79. The van der Waals surface area contributed by atoms with Crippen molar-refractivity contribution < 1.29 is 14.0 Å². The normalized spacial score (nSPS) is 19.7. The van der Waals surface area contributed by atoms with Crippen molar-refractivity contribution in [2.45, 2.75) is 25.4 Å². The lowest BCUT2D eigenvalue weighted by molar-refractivity contribution is -0.133. The van der Waals surface area contributed by atoms with Gasteiger partial charge < -0.3 is 5.32 Å². The number of imide groups is 1. The van der Waals surface area contributed by atoms with Gasteiger partial charge in [-0.1, -0.05) is 42.8 Å². The number of halogens is 2. The SMILES string of the molecule is CC[C@]1(c2cccc(Cl)c2)NC(=O)N(CN(C)Cc2cccc(F)c2)C1=O. The van der Waals surface area contributed by atoms with Crippen LogP contribution in [0, 0.1) is 5.82 Å². The van der Waals surface area contributed by atoms with Crippen molar-refractivity contribution in [1.29, 1.82) is 0 Å². The quantitative estimate of drug-likeness (QED) is 0.766. The summed E-state index contributed by atoms with van der Waals surface area (Å²) in [6, 6.07) is 12.8. The molecule has 0 spiro atoms. The molecule has 0 aliphatic carbocycles. The molecule has 1 saturated heterocycles. The Morgan fingerprint density at radius 2 is 1.93 bits per heavy atom. The molecule has 27 heavy (non-hydrogen) atoms. The van der Waals surface area contributed by atoms with E-state index in [1.54, 1.807) is 48.3 Å².